The third-order valence-electron chi connectivity index (χ3n) is 4.70. The van der Waals surface area contributed by atoms with Gasteiger partial charge in [0, 0.05) is 24.7 Å². The van der Waals surface area contributed by atoms with Crippen LogP contribution in [0.2, 0.25) is 0 Å². The van der Waals surface area contributed by atoms with Crippen molar-refractivity contribution < 1.29 is 9.47 Å². The summed E-state index contributed by atoms with van der Waals surface area (Å²) in [5.41, 5.74) is 7.00. The van der Waals surface area contributed by atoms with E-state index in [-0.39, 0.29) is 6.10 Å². The molecule has 2 aliphatic rings. The zero-order chi connectivity index (χ0) is 14.9. The van der Waals surface area contributed by atoms with Gasteiger partial charge < -0.3 is 15.2 Å². The predicted octanol–water partition coefficient (Wildman–Crippen LogP) is 1.94. The van der Waals surface area contributed by atoms with E-state index in [2.05, 4.69) is 24.1 Å². The van der Waals surface area contributed by atoms with E-state index >= 15 is 0 Å². The molecule has 3 unspecified atom stereocenters. The van der Waals surface area contributed by atoms with Gasteiger partial charge in [-0.15, -0.1) is 0 Å². The van der Waals surface area contributed by atoms with Gasteiger partial charge in [-0.1, -0.05) is 30.3 Å². The molecule has 0 radical (unpaired) electrons. The maximum atomic E-state index is 6.20. The summed E-state index contributed by atoms with van der Waals surface area (Å²) in [6, 6.07) is 10.6. The second-order valence-electron chi connectivity index (χ2n) is 6.44. The van der Waals surface area contributed by atoms with E-state index in [4.69, 9.17) is 15.2 Å². The van der Waals surface area contributed by atoms with Crippen molar-refractivity contribution in [3.05, 3.63) is 35.9 Å². The molecular formula is C17H26N2O2. The van der Waals surface area contributed by atoms with Crippen LogP contribution in [0.3, 0.4) is 0 Å². The van der Waals surface area contributed by atoms with Gasteiger partial charge in [-0.05, 0) is 32.7 Å². The Bertz CT molecular complexity index is 463. The Morgan fingerprint density at radius 1 is 1.33 bits per heavy atom. The minimum Gasteiger partial charge on any atom is -0.343 e. The number of rotatable bonds is 6. The van der Waals surface area contributed by atoms with Crippen LogP contribution in [-0.2, 0) is 15.3 Å². The highest BCUT2D eigenvalue weighted by molar-refractivity contribution is 5.20. The fourth-order valence-electron chi connectivity index (χ4n) is 3.29. The summed E-state index contributed by atoms with van der Waals surface area (Å²) in [5.74, 6) is 0.160. The molecule has 116 valence electrons. The van der Waals surface area contributed by atoms with Crippen LogP contribution in [0.4, 0.5) is 0 Å². The summed E-state index contributed by atoms with van der Waals surface area (Å²) < 4.78 is 12.1. The average molecular weight is 290 g/mol. The lowest BCUT2D eigenvalue weighted by Gasteiger charge is -2.29. The molecule has 0 spiro atoms. The summed E-state index contributed by atoms with van der Waals surface area (Å²) in [7, 11) is 2.15. The number of benzene rings is 1. The summed E-state index contributed by atoms with van der Waals surface area (Å²) in [6.45, 7) is 4.24. The minimum absolute atomic E-state index is 0.105. The second kappa shape index (κ2) is 6.05. The van der Waals surface area contributed by atoms with Crippen LogP contribution in [0.25, 0.3) is 0 Å². The van der Waals surface area contributed by atoms with Gasteiger partial charge in [-0.2, -0.15) is 0 Å². The fraction of sp³-hybridized carbons (Fsp3) is 0.647. The highest BCUT2D eigenvalue weighted by Gasteiger charge is 2.40. The number of likely N-dealkylation sites (N-methyl/N-ethyl adjacent to an activating group) is 1. The smallest absolute Gasteiger partial charge is 0.192 e. The molecule has 0 aromatic heterocycles. The van der Waals surface area contributed by atoms with Crippen LogP contribution >= 0.6 is 0 Å². The van der Waals surface area contributed by atoms with E-state index in [9.17, 15) is 0 Å². The second-order valence-corrected chi connectivity index (χ2v) is 6.44. The van der Waals surface area contributed by atoms with Gasteiger partial charge >= 0.3 is 0 Å². The highest BCUT2D eigenvalue weighted by atomic mass is 16.7. The van der Waals surface area contributed by atoms with Crippen molar-refractivity contribution in [1.82, 2.24) is 4.90 Å². The molecule has 0 amide bonds. The monoisotopic (exact) mass is 290 g/mol. The number of hydrogen-bond donors (Lipinski definition) is 1. The Morgan fingerprint density at radius 2 is 2.05 bits per heavy atom. The van der Waals surface area contributed by atoms with Crippen molar-refractivity contribution in [1.29, 1.82) is 0 Å². The predicted molar refractivity (Wildman–Crippen MR) is 82.8 cm³/mol. The Morgan fingerprint density at radius 3 is 2.67 bits per heavy atom. The Kier molecular flexibility index (Phi) is 4.31. The first kappa shape index (κ1) is 15.0. The number of nitrogens with two attached hydrogens (primary N) is 1. The van der Waals surface area contributed by atoms with Crippen LogP contribution in [0.15, 0.2) is 30.3 Å². The molecular weight excluding hydrogens is 264 g/mol. The molecule has 1 aromatic carbocycles. The Labute approximate surface area is 127 Å². The van der Waals surface area contributed by atoms with Crippen molar-refractivity contribution in [3.63, 3.8) is 0 Å². The SMILES string of the molecule is CN(CC1COC(C)(c2ccccc2)O1)C(CN)C1CC1. The van der Waals surface area contributed by atoms with E-state index < -0.39 is 5.79 Å². The number of nitrogens with zero attached hydrogens (tertiary/aromatic N) is 1. The molecule has 2 N–H and O–H groups in total. The maximum Gasteiger partial charge on any atom is 0.192 e. The molecule has 1 aliphatic carbocycles. The van der Waals surface area contributed by atoms with Crippen LogP contribution in [-0.4, -0.2) is 43.8 Å². The van der Waals surface area contributed by atoms with Gasteiger partial charge in [0.25, 0.3) is 0 Å². The zero-order valence-corrected chi connectivity index (χ0v) is 13.0. The summed E-state index contributed by atoms with van der Waals surface area (Å²) in [4.78, 5) is 2.35. The van der Waals surface area contributed by atoms with Crippen molar-refractivity contribution >= 4 is 0 Å². The molecule has 1 saturated carbocycles. The fourth-order valence-corrected chi connectivity index (χ4v) is 3.29. The van der Waals surface area contributed by atoms with Crippen LogP contribution < -0.4 is 5.73 Å². The largest absolute Gasteiger partial charge is 0.343 e. The van der Waals surface area contributed by atoms with Crippen molar-refractivity contribution in [2.45, 2.75) is 37.7 Å². The maximum absolute atomic E-state index is 6.20. The normalized spacial score (nSPS) is 30.8. The van der Waals surface area contributed by atoms with E-state index in [0.717, 1.165) is 24.6 Å². The first-order chi connectivity index (χ1) is 10.1. The molecule has 4 nitrogen and oxygen atoms in total. The lowest BCUT2D eigenvalue weighted by Crippen LogP contribution is -2.44. The van der Waals surface area contributed by atoms with Crippen LogP contribution in [0.1, 0.15) is 25.3 Å². The van der Waals surface area contributed by atoms with Crippen molar-refractivity contribution in [2.75, 3.05) is 26.7 Å². The Balaban J connectivity index is 1.59. The van der Waals surface area contributed by atoms with Crippen LogP contribution in [0.5, 0.6) is 0 Å². The topological polar surface area (TPSA) is 47.7 Å². The highest BCUT2D eigenvalue weighted by Crippen LogP contribution is 2.36. The zero-order valence-electron chi connectivity index (χ0n) is 13.0. The van der Waals surface area contributed by atoms with E-state index in [1.807, 2.05) is 25.1 Å². The molecule has 3 atom stereocenters. The minimum atomic E-state index is -0.620. The molecule has 1 aliphatic heterocycles. The van der Waals surface area contributed by atoms with Gasteiger partial charge in [0.05, 0.1) is 12.7 Å². The lowest BCUT2D eigenvalue weighted by molar-refractivity contribution is -0.163. The third kappa shape index (κ3) is 3.29. The summed E-state index contributed by atoms with van der Waals surface area (Å²) in [5, 5.41) is 0. The van der Waals surface area contributed by atoms with Crippen molar-refractivity contribution in [3.8, 4) is 0 Å². The average Bonchev–Trinajstić information content (AvgIpc) is 3.25. The molecule has 0 bridgehead atoms. The third-order valence-corrected chi connectivity index (χ3v) is 4.70. The van der Waals surface area contributed by atoms with Gasteiger partial charge in [-0.3, -0.25) is 4.90 Å². The first-order valence-electron chi connectivity index (χ1n) is 7.90. The molecule has 3 rings (SSSR count). The van der Waals surface area contributed by atoms with Crippen LogP contribution in [0, 0.1) is 5.92 Å². The Hall–Kier alpha value is -0.940. The molecule has 1 saturated heterocycles. The van der Waals surface area contributed by atoms with Gasteiger partial charge in [-0.25, -0.2) is 0 Å². The molecule has 2 fully saturated rings. The van der Waals surface area contributed by atoms with E-state index in [1.54, 1.807) is 0 Å². The van der Waals surface area contributed by atoms with Gasteiger partial charge in [0.1, 0.15) is 0 Å². The standard InChI is InChI=1S/C17H26N2O2/c1-17(14-6-4-3-5-7-14)20-12-15(21-17)11-19(2)16(10-18)13-8-9-13/h3-7,13,15-16H,8-12,18H2,1-2H3. The first-order valence-corrected chi connectivity index (χ1v) is 7.90. The quantitative estimate of drug-likeness (QED) is 0.870. The lowest BCUT2D eigenvalue weighted by atomic mass is 10.1. The molecule has 1 aromatic rings. The van der Waals surface area contributed by atoms with E-state index in [0.29, 0.717) is 12.6 Å². The summed E-state index contributed by atoms with van der Waals surface area (Å²) >= 11 is 0. The molecule has 4 heteroatoms. The van der Waals surface area contributed by atoms with Gasteiger partial charge in [0.2, 0.25) is 0 Å². The molecule has 21 heavy (non-hydrogen) atoms. The summed E-state index contributed by atoms with van der Waals surface area (Å²) in [6.07, 6.45) is 2.74. The number of ether oxygens (including phenoxy) is 2. The van der Waals surface area contributed by atoms with Crippen molar-refractivity contribution in [2.24, 2.45) is 11.7 Å². The van der Waals surface area contributed by atoms with Gasteiger partial charge in [0.15, 0.2) is 5.79 Å². The molecule has 1 heterocycles. The number of hydrogen-bond acceptors (Lipinski definition) is 4. The van der Waals surface area contributed by atoms with E-state index in [1.165, 1.54) is 12.8 Å².